The van der Waals surface area contributed by atoms with Gasteiger partial charge in [-0.25, -0.2) is 8.42 Å². The third-order valence-corrected chi connectivity index (χ3v) is 7.26. The standard InChI is InChI=1S/C19H22ClN3O3S/c1-15(19(24)21-16-7-3-2-4-8-16)22-11-13-23(14-12-22)27(25,26)18-10-6-5-9-17(18)20/h2-10,15H,11-14H2,1H3,(H,21,24)/p+1/t15-/m1/s1. The molecule has 1 atom stereocenters. The highest BCUT2D eigenvalue weighted by Crippen LogP contribution is 2.24. The molecule has 144 valence electrons. The van der Waals surface area contributed by atoms with E-state index in [4.69, 9.17) is 11.6 Å². The van der Waals surface area contributed by atoms with Crippen LogP contribution in [-0.2, 0) is 14.8 Å². The largest absolute Gasteiger partial charge is 0.323 e. The van der Waals surface area contributed by atoms with Crippen molar-refractivity contribution < 1.29 is 18.1 Å². The quantitative estimate of drug-likeness (QED) is 0.782. The van der Waals surface area contributed by atoms with Gasteiger partial charge in [-0.05, 0) is 31.2 Å². The number of nitrogens with zero attached hydrogens (tertiary/aromatic N) is 1. The van der Waals surface area contributed by atoms with E-state index < -0.39 is 10.0 Å². The fourth-order valence-electron chi connectivity index (χ4n) is 3.20. The van der Waals surface area contributed by atoms with E-state index in [0.717, 1.165) is 10.6 Å². The molecule has 1 saturated heterocycles. The Morgan fingerprint density at radius 2 is 1.67 bits per heavy atom. The number of rotatable bonds is 5. The van der Waals surface area contributed by atoms with Gasteiger partial charge in [-0.15, -0.1) is 0 Å². The van der Waals surface area contributed by atoms with Gasteiger partial charge in [0.15, 0.2) is 6.04 Å². The van der Waals surface area contributed by atoms with E-state index in [9.17, 15) is 13.2 Å². The second-order valence-corrected chi connectivity index (χ2v) is 8.88. The zero-order chi connectivity index (χ0) is 19.4. The van der Waals surface area contributed by atoms with Gasteiger partial charge in [-0.2, -0.15) is 4.31 Å². The molecule has 8 heteroatoms. The highest BCUT2D eigenvalue weighted by Gasteiger charge is 2.35. The lowest BCUT2D eigenvalue weighted by molar-refractivity contribution is -0.917. The topological polar surface area (TPSA) is 70.9 Å². The fraction of sp³-hybridized carbons (Fsp3) is 0.316. The number of carbonyl (C=O) groups is 1. The van der Waals surface area contributed by atoms with Crippen molar-refractivity contribution in [1.29, 1.82) is 0 Å². The summed E-state index contributed by atoms with van der Waals surface area (Å²) in [5, 5.41) is 3.13. The summed E-state index contributed by atoms with van der Waals surface area (Å²) in [4.78, 5) is 13.7. The molecular weight excluding hydrogens is 386 g/mol. The average Bonchev–Trinajstić information content (AvgIpc) is 2.68. The second kappa shape index (κ2) is 8.39. The number of nitrogens with one attached hydrogen (secondary N) is 2. The predicted molar refractivity (Wildman–Crippen MR) is 105 cm³/mol. The minimum absolute atomic E-state index is 0.0707. The number of sulfonamides is 1. The van der Waals surface area contributed by atoms with Crippen LogP contribution in [0.1, 0.15) is 6.92 Å². The first kappa shape index (κ1) is 19.8. The molecule has 0 aromatic heterocycles. The number of benzene rings is 2. The molecule has 1 amide bonds. The SMILES string of the molecule is C[C@H](C(=O)Nc1ccccc1)[NH+]1CCN(S(=O)(=O)c2ccccc2Cl)CC1. The minimum atomic E-state index is -3.62. The van der Waals surface area contributed by atoms with Crippen LogP contribution in [0.15, 0.2) is 59.5 Å². The van der Waals surface area contributed by atoms with E-state index in [2.05, 4.69) is 5.32 Å². The molecule has 1 aliphatic heterocycles. The molecule has 2 aromatic carbocycles. The van der Waals surface area contributed by atoms with Gasteiger partial charge in [0.05, 0.1) is 31.2 Å². The van der Waals surface area contributed by atoms with Crippen molar-refractivity contribution in [3.8, 4) is 0 Å². The summed E-state index contributed by atoms with van der Waals surface area (Å²) in [5.74, 6) is -0.0707. The lowest BCUT2D eigenvalue weighted by Gasteiger charge is -2.34. The molecule has 2 N–H and O–H groups in total. The van der Waals surface area contributed by atoms with E-state index in [-0.39, 0.29) is 21.9 Å². The molecule has 3 rings (SSSR count). The number of quaternary nitrogens is 1. The summed E-state index contributed by atoms with van der Waals surface area (Å²) in [7, 11) is -3.62. The zero-order valence-corrected chi connectivity index (χ0v) is 16.6. The molecular formula is C19H23ClN3O3S+. The van der Waals surface area contributed by atoms with Crippen molar-refractivity contribution >= 4 is 33.2 Å². The number of halogens is 1. The van der Waals surface area contributed by atoms with Crippen molar-refractivity contribution in [2.24, 2.45) is 0 Å². The van der Waals surface area contributed by atoms with Crippen LogP contribution in [0.4, 0.5) is 5.69 Å². The molecule has 0 spiro atoms. The molecule has 1 aliphatic rings. The Kier molecular flexibility index (Phi) is 6.16. The zero-order valence-electron chi connectivity index (χ0n) is 15.1. The Morgan fingerprint density at radius 1 is 1.07 bits per heavy atom. The van der Waals surface area contributed by atoms with Gasteiger partial charge >= 0.3 is 0 Å². The van der Waals surface area contributed by atoms with Crippen LogP contribution >= 0.6 is 11.6 Å². The molecule has 0 unspecified atom stereocenters. The normalized spacial score (nSPS) is 17.4. The minimum Gasteiger partial charge on any atom is -0.323 e. The molecule has 0 aliphatic carbocycles. The summed E-state index contributed by atoms with van der Waals surface area (Å²) in [6, 6.07) is 15.5. The number of amides is 1. The van der Waals surface area contributed by atoms with Gasteiger partial charge in [0.1, 0.15) is 4.90 Å². The van der Waals surface area contributed by atoms with Crippen LogP contribution in [0.2, 0.25) is 5.02 Å². The number of hydrogen-bond acceptors (Lipinski definition) is 3. The third-order valence-electron chi connectivity index (χ3n) is 4.87. The van der Waals surface area contributed by atoms with E-state index in [1.54, 1.807) is 18.2 Å². The smallest absolute Gasteiger partial charge is 0.282 e. The highest BCUT2D eigenvalue weighted by atomic mass is 35.5. The van der Waals surface area contributed by atoms with Crippen molar-refractivity contribution in [1.82, 2.24) is 4.31 Å². The van der Waals surface area contributed by atoms with E-state index >= 15 is 0 Å². The van der Waals surface area contributed by atoms with Crippen LogP contribution in [0.3, 0.4) is 0 Å². The Labute approximate surface area is 164 Å². The molecule has 6 nitrogen and oxygen atoms in total. The molecule has 0 saturated carbocycles. The molecule has 1 fully saturated rings. The molecule has 27 heavy (non-hydrogen) atoms. The number of hydrogen-bond donors (Lipinski definition) is 2. The predicted octanol–water partition coefficient (Wildman–Crippen LogP) is 1.26. The van der Waals surface area contributed by atoms with Gasteiger partial charge in [0.25, 0.3) is 5.91 Å². The maximum absolute atomic E-state index is 12.8. The van der Waals surface area contributed by atoms with Gasteiger partial charge in [-0.1, -0.05) is 41.9 Å². The summed E-state index contributed by atoms with van der Waals surface area (Å²) in [6.45, 7) is 3.70. The van der Waals surface area contributed by atoms with Crippen LogP contribution in [0.5, 0.6) is 0 Å². The Morgan fingerprint density at radius 3 is 2.30 bits per heavy atom. The van der Waals surface area contributed by atoms with E-state index in [0.29, 0.717) is 26.2 Å². The maximum atomic E-state index is 12.8. The van der Waals surface area contributed by atoms with Crippen molar-refractivity contribution in [3.05, 3.63) is 59.6 Å². The summed E-state index contributed by atoms with van der Waals surface area (Å²) in [5.41, 5.74) is 0.758. The van der Waals surface area contributed by atoms with Gasteiger partial charge < -0.3 is 10.2 Å². The van der Waals surface area contributed by atoms with Crippen molar-refractivity contribution in [2.45, 2.75) is 17.9 Å². The van der Waals surface area contributed by atoms with Crippen molar-refractivity contribution in [2.75, 3.05) is 31.5 Å². The second-order valence-electron chi connectivity index (χ2n) is 6.57. The number of anilines is 1. The molecule has 0 bridgehead atoms. The first-order valence-electron chi connectivity index (χ1n) is 8.85. The average molecular weight is 409 g/mol. The van der Waals surface area contributed by atoms with Crippen LogP contribution < -0.4 is 10.2 Å². The van der Waals surface area contributed by atoms with Gasteiger partial charge in [0.2, 0.25) is 10.0 Å². The number of carbonyl (C=O) groups excluding carboxylic acids is 1. The Bertz CT molecular complexity index is 897. The van der Waals surface area contributed by atoms with Gasteiger partial charge in [-0.3, -0.25) is 4.79 Å². The van der Waals surface area contributed by atoms with Crippen molar-refractivity contribution in [3.63, 3.8) is 0 Å². The summed E-state index contributed by atoms with van der Waals surface area (Å²) >= 11 is 6.06. The summed E-state index contributed by atoms with van der Waals surface area (Å²) in [6.07, 6.45) is 0. The maximum Gasteiger partial charge on any atom is 0.282 e. The third kappa shape index (κ3) is 4.50. The first-order chi connectivity index (χ1) is 12.9. The Balaban J connectivity index is 1.61. The number of para-hydroxylation sites is 1. The van der Waals surface area contributed by atoms with Crippen LogP contribution in [0.25, 0.3) is 0 Å². The monoisotopic (exact) mass is 408 g/mol. The molecule has 1 heterocycles. The summed E-state index contributed by atoms with van der Waals surface area (Å²) < 4.78 is 27.1. The lowest BCUT2D eigenvalue weighted by atomic mass is 10.2. The number of piperazine rings is 1. The van der Waals surface area contributed by atoms with Crippen LogP contribution in [0, 0.1) is 0 Å². The Hall–Kier alpha value is -1.93. The molecule has 0 radical (unpaired) electrons. The fourth-order valence-corrected chi connectivity index (χ4v) is 5.13. The van der Waals surface area contributed by atoms with Crippen LogP contribution in [-0.4, -0.2) is 50.9 Å². The van der Waals surface area contributed by atoms with E-state index in [1.807, 2.05) is 37.3 Å². The van der Waals surface area contributed by atoms with Gasteiger partial charge in [0, 0.05) is 5.69 Å². The lowest BCUT2D eigenvalue weighted by Crippen LogP contribution is -3.19. The molecule has 2 aromatic rings. The highest BCUT2D eigenvalue weighted by molar-refractivity contribution is 7.89. The first-order valence-corrected chi connectivity index (χ1v) is 10.7. The van der Waals surface area contributed by atoms with E-state index in [1.165, 1.54) is 10.4 Å².